The molecule has 2 aliphatic rings. The monoisotopic (exact) mass is 463 g/mol. The van der Waals surface area contributed by atoms with Crippen LogP contribution in [0.25, 0.3) is 5.65 Å². The van der Waals surface area contributed by atoms with Crippen molar-refractivity contribution in [3.05, 3.63) is 47.9 Å². The van der Waals surface area contributed by atoms with Crippen molar-refractivity contribution >= 4 is 28.7 Å². The highest BCUT2D eigenvalue weighted by Gasteiger charge is 2.36. The number of carbonyl (C=O) groups excluding carboxylic acids is 2. The second kappa shape index (κ2) is 8.72. The Bertz CT molecular complexity index is 1250. The summed E-state index contributed by atoms with van der Waals surface area (Å²) in [5.41, 5.74) is 2.64. The van der Waals surface area contributed by atoms with Crippen LogP contribution in [0.4, 0.5) is 11.4 Å². The van der Waals surface area contributed by atoms with Crippen LogP contribution in [0.3, 0.4) is 0 Å². The van der Waals surface area contributed by atoms with Gasteiger partial charge in [-0.2, -0.15) is 5.10 Å². The predicted octanol–water partition coefficient (Wildman–Crippen LogP) is 2.86. The van der Waals surface area contributed by atoms with Crippen molar-refractivity contribution in [2.75, 3.05) is 29.9 Å². The van der Waals surface area contributed by atoms with Crippen LogP contribution in [-0.2, 0) is 11.2 Å². The molecule has 2 aromatic heterocycles. The minimum absolute atomic E-state index is 0.0903. The van der Waals surface area contributed by atoms with Gasteiger partial charge in [-0.05, 0) is 31.9 Å². The molecule has 9 heteroatoms. The zero-order valence-electron chi connectivity index (χ0n) is 19.5. The van der Waals surface area contributed by atoms with Crippen LogP contribution in [0.5, 0.6) is 5.75 Å². The number of anilines is 2. The fraction of sp³-hybridized carbons (Fsp3) is 0.440. The number of nitrogens with zero attached hydrogens (tertiary/aromatic N) is 4. The van der Waals surface area contributed by atoms with Gasteiger partial charge in [-0.15, -0.1) is 0 Å². The van der Waals surface area contributed by atoms with E-state index in [1.54, 1.807) is 23.0 Å². The van der Waals surface area contributed by atoms with Crippen molar-refractivity contribution in [3.63, 3.8) is 0 Å². The highest BCUT2D eigenvalue weighted by molar-refractivity contribution is 6.09. The fourth-order valence-corrected chi connectivity index (χ4v) is 4.91. The minimum Gasteiger partial charge on any atom is -0.484 e. The Hall–Kier alpha value is -3.46. The maximum Gasteiger partial charge on any atom is 0.261 e. The molecule has 1 unspecified atom stereocenters. The number of Topliss-reactive ketones (excluding diaryl/α,β-unsaturated/α-hetero) is 1. The molecule has 2 N–H and O–H groups in total. The lowest BCUT2D eigenvalue weighted by atomic mass is 9.91. The lowest BCUT2D eigenvalue weighted by Crippen LogP contribution is -2.36. The lowest BCUT2D eigenvalue weighted by Gasteiger charge is -2.34. The highest BCUT2D eigenvalue weighted by atomic mass is 16.5. The first-order chi connectivity index (χ1) is 16.4. The van der Waals surface area contributed by atoms with Gasteiger partial charge in [0.15, 0.2) is 5.65 Å². The van der Waals surface area contributed by atoms with Crippen LogP contribution >= 0.6 is 0 Å². The number of benzene rings is 1. The van der Waals surface area contributed by atoms with Crippen molar-refractivity contribution in [2.45, 2.75) is 45.1 Å². The Morgan fingerprint density at radius 2 is 2.09 bits per heavy atom. The minimum atomic E-state index is -0.685. The largest absolute Gasteiger partial charge is 0.484 e. The molecular formula is C25H29N5O4. The quantitative estimate of drug-likeness (QED) is 0.579. The summed E-state index contributed by atoms with van der Waals surface area (Å²) >= 11 is 0. The molecular weight excluding hydrogens is 434 g/mol. The molecule has 1 amide bonds. The topological polar surface area (TPSA) is 109 Å². The van der Waals surface area contributed by atoms with Crippen LogP contribution in [0.2, 0.25) is 0 Å². The summed E-state index contributed by atoms with van der Waals surface area (Å²) in [6.45, 7) is 5.11. The Labute approximate surface area is 197 Å². The summed E-state index contributed by atoms with van der Waals surface area (Å²) in [5.74, 6) is 0.820. The van der Waals surface area contributed by atoms with E-state index in [4.69, 9.17) is 4.74 Å². The smallest absolute Gasteiger partial charge is 0.261 e. The van der Waals surface area contributed by atoms with Crippen molar-refractivity contribution in [1.82, 2.24) is 14.6 Å². The van der Waals surface area contributed by atoms with Crippen molar-refractivity contribution < 1.29 is 19.4 Å². The summed E-state index contributed by atoms with van der Waals surface area (Å²) in [7, 11) is 0. The molecule has 3 aromatic rings. The maximum absolute atomic E-state index is 13.2. The molecule has 178 valence electrons. The molecule has 0 radical (unpaired) electrons. The van der Waals surface area contributed by atoms with Crippen LogP contribution < -0.4 is 15.0 Å². The number of rotatable bonds is 6. The van der Waals surface area contributed by atoms with E-state index in [1.165, 1.54) is 6.20 Å². The van der Waals surface area contributed by atoms with Crippen LogP contribution in [0, 0.1) is 5.92 Å². The van der Waals surface area contributed by atoms with Crippen molar-refractivity contribution in [2.24, 2.45) is 5.92 Å². The Kier molecular flexibility index (Phi) is 5.73. The third-order valence-corrected chi connectivity index (χ3v) is 6.85. The molecule has 1 aromatic carbocycles. The first kappa shape index (κ1) is 22.3. The summed E-state index contributed by atoms with van der Waals surface area (Å²) in [4.78, 5) is 31.9. The molecule has 0 spiro atoms. The maximum atomic E-state index is 13.2. The van der Waals surface area contributed by atoms with E-state index in [1.807, 2.05) is 26.0 Å². The SMILES string of the molecule is CCC(=O)C1CCN(c2cc3c(cc2NC(=O)c2cnn4cccnc24)CC(C)(CO)O3)CC1. The normalized spacial score (nSPS) is 20.3. The van der Waals surface area contributed by atoms with Gasteiger partial charge in [0.25, 0.3) is 5.91 Å². The van der Waals surface area contributed by atoms with Gasteiger partial charge in [0, 0.05) is 55.9 Å². The zero-order chi connectivity index (χ0) is 23.9. The molecule has 34 heavy (non-hydrogen) atoms. The summed E-state index contributed by atoms with van der Waals surface area (Å²) in [6, 6.07) is 5.64. The Morgan fingerprint density at radius 3 is 2.82 bits per heavy atom. The van der Waals surface area contributed by atoms with Gasteiger partial charge < -0.3 is 20.1 Å². The number of piperidine rings is 1. The zero-order valence-corrected chi connectivity index (χ0v) is 19.5. The third kappa shape index (κ3) is 4.00. The van der Waals surface area contributed by atoms with Gasteiger partial charge in [-0.3, -0.25) is 9.59 Å². The number of amides is 1. The number of aromatic nitrogens is 3. The first-order valence-corrected chi connectivity index (χ1v) is 11.7. The number of ketones is 1. The van der Waals surface area contributed by atoms with E-state index in [0.717, 1.165) is 24.1 Å². The average molecular weight is 464 g/mol. The van der Waals surface area contributed by atoms with E-state index in [9.17, 15) is 14.7 Å². The van der Waals surface area contributed by atoms with Gasteiger partial charge in [-0.25, -0.2) is 9.50 Å². The molecule has 2 aliphatic heterocycles. The molecule has 0 bridgehead atoms. The summed E-state index contributed by atoms with van der Waals surface area (Å²) < 4.78 is 7.64. The molecule has 4 heterocycles. The van der Waals surface area contributed by atoms with Gasteiger partial charge in [0.05, 0.1) is 24.2 Å². The van der Waals surface area contributed by atoms with Crippen LogP contribution in [-0.4, -0.2) is 56.7 Å². The second-order valence-electron chi connectivity index (χ2n) is 9.35. The number of ether oxygens (including phenoxy) is 1. The standard InChI is InChI=1S/C25H29N5O4/c1-3-21(32)16-5-9-29(10-6-16)20-12-22-17(13-25(2,15-31)34-22)11-19(20)28-24(33)18-14-27-30-8-4-7-26-23(18)30/h4,7-8,11-12,14,16,31H,3,5-6,9-10,13,15H2,1-2H3,(H,28,33). The molecule has 5 rings (SSSR count). The Balaban J connectivity index is 1.46. The van der Waals surface area contributed by atoms with E-state index in [-0.39, 0.29) is 18.4 Å². The van der Waals surface area contributed by atoms with Crippen LogP contribution in [0.1, 0.15) is 49.0 Å². The van der Waals surface area contributed by atoms with E-state index < -0.39 is 5.60 Å². The van der Waals surface area contributed by atoms with Gasteiger partial charge in [0.2, 0.25) is 0 Å². The van der Waals surface area contributed by atoms with E-state index in [0.29, 0.717) is 54.4 Å². The molecule has 1 saturated heterocycles. The van der Waals surface area contributed by atoms with Crippen LogP contribution in [0.15, 0.2) is 36.8 Å². The number of hydrogen-bond acceptors (Lipinski definition) is 7. The highest BCUT2D eigenvalue weighted by Crippen LogP contribution is 2.42. The van der Waals surface area contributed by atoms with Crippen molar-refractivity contribution in [3.8, 4) is 5.75 Å². The molecule has 1 fully saturated rings. The molecule has 0 aliphatic carbocycles. The Morgan fingerprint density at radius 1 is 1.29 bits per heavy atom. The second-order valence-corrected chi connectivity index (χ2v) is 9.35. The summed E-state index contributed by atoms with van der Waals surface area (Å²) in [5, 5.41) is 17.1. The number of nitrogens with one attached hydrogen (secondary N) is 1. The van der Waals surface area contributed by atoms with E-state index in [2.05, 4.69) is 20.3 Å². The molecule has 0 saturated carbocycles. The van der Waals surface area contributed by atoms with Crippen molar-refractivity contribution in [1.29, 1.82) is 0 Å². The van der Waals surface area contributed by atoms with Gasteiger partial charge in [-0.1, -0.05) is 6.92 Å². The molecule has 1 atom stereocenters. The number of fused-ring (bicyclic) bond motifs is 2. The number of aliphatic hydroxyl groups is 1. The van der Waals surface area contributed by atoms with E-state index >= 15 is 0 Å². The van der Waals surface area contributed by atoms with Gasteiger partial charge in [0.1, 0.15) is 22.7 Å². The number of hydrogen-bond donors (Lipinski definition) is 2. The average Bonchev–Trinajstić information content (AvgIpc) is 3.44. The summed E-state index contributed by atoms with van der Waals surface area (Å²) in [6.07, 6.45) is 7.56. The predicted molar refractivity (Wildman–Crippen MR) is 127 cm³/mol. The molecule has 9 nitrogen and oxygen atoms in total. The number of aliphatic hydroxyl groups excluding tert-OH is 1. The van der Waals surface area contributed by atoms with Gasteiger partial charge >= 0.3 is 0 Å². The lowest BCUT2D eigenvalue weighted by molar-refractivity contribution is -0.123. The third-order valence-electron chi connectivity index (χ3n) is 6.85. The number of carbonyl (C=O) groups is 2. The first-order valence-electron chi connectivity index (χ1n) is 11.7. The fourth-order valence-electron chi connectivity index (χ4n) is 4.91.